The fourth-order valence-corrected chi connectivity index (χ4v) is 5.65. The Balaban J connectivity index is 3.14. The summed E-state index contributed by atoms with van der Waals surface area (Å²) in [6.45, 7) is 5.67. The van der Waals surface area contributed by atoms with Gasteiger partial charge in [-0.3, -0.25) is 4.57 Å². The summed E-state index contributed by atoms with van der Waals surface area (Å²) in [5, 5.41) is -0.862. The van der Waals surface area contributed by atoms with Gasteiger partial charge in [0.2, 0.25) is 0 Å². The Morgan fingerprint density at radius 3 is 0.806 bits per heavy atom. The molecular formula is C32H67O3P. The number of rotatable bonds is 29. The SMILES string of the molecule is CCCCCCCCCCCCCCCCCCCCCCCCCCCCCC(C)(C)P(=O)(O)O. The zero-order valence-corrected chi connectivity index (χ0v) is 25.9. The van der Waals surface area contributed by atoms with Gasteiger partial charge in [0, 0.05) is 0 Å². The summed E-state index contributed by atoms with van der Waals surface area (Å²) in [5.74, 6) is 0. The molecule has 2 N–H and O–H groups in total. The van der Waals surface area contributed by atoms with Crippen LogP contribution in [-0.4, -0.2) is 14.9 Å². The normalized spacial score (nSPS) is 12.5. The standard InChI is InChI=1S/C32H67O3P/c1-4-5-6-7-8-9-10-11-12-13-14-15-16-17-18-19-20-21-22-23-24-25-26-27-28-29-30-31-32(2,3)36(33,34)35/h4-31H2,1-3H3,(H2,33,34,35). The molecule has 0 bridgehead atoms. The minimum absolute atomic E-state index is 0.622. The largest absolute Gasteiger partial charge is 0.331 e. The van der Waals surface area contributed by atoms with Crippen molar-refractivity contribution in [1.29, 1.82) is 0 Å². The van der Waals surface area contributed by atoms with Crippen LogP contribution in [0, 0.1) is 0 Å². The Morgan fingerprint density at radius 1 is 0.417 bits per heavy atom. The molecule has 4 heteroatoms. The highest BCUT2D eigenvalue weighted by Crippen LogP contribution is 2.52. The van der Waals surface area contributed by atoms with Crippen LogP contribution in [0.15, 0.2) is 0 Å². The lowest BCUT2D eigenvalue weighted by atomic mass is 10.0. The van der Waals surface area contributed by atoms with Crippen LogP contribution in [-0.2, 0) is 4.57 Å². The van der Waals surface area contributed by atoms with Crippen LogP contribution in [0.1, 0.15) is 201 Å². The average molecular weight is 531 g/mol. The fourth-order valence-electron chi connectivity index (χ4n) is 5.20. The first kappa shape index (κ1) is 36.1. The van der Waals surface area contributed by atoms with E-state index in [1.807, 2.05) is 0 Å². The predicted molar refractivity (Wildman–Crippen MR) is 161 cm³/mol. The number of hydrogen-bond donors (Lipinski definition) is 2. The number of unbranched alkanes of at least 4 members (excludes halogenated alkanes) is 26. The van der Waals surface area contributed by atoms with Crippen LogP contribution in [0.3, 0.4) is 0 Å². The van der Waals surface area contributed by atoms with Crippen molar-refractivity contribution in [3.05, 3.63) is 0 Å². The van der Waals surface area contributed by atoms with E-state index in [9.17, 15) is 14.4 Å². The molecule has 0 amide bonds. The Hall–Kier alpha value is 0.150. The molecule has 0 aromatic heterocycles. The molecule has 0 aromatic carbocycles. The van der Waals surface area contributed by atoms with Crippen molar-refractivity contribution in [2.75, 3.05) is 0 Å². The van der Waals surface area contributed by atoms with Gasteiger partial charge in [-0.1, -0.05) is 180 Å². The lowest BCUT2D eigenvalue weighted by Crippen LogP contribution is -2.19. The molecule has 0 atom stereocenters. The minimum Gasteiger partial charge on any atom is -0.324 e. The molecule has 0 aromatic rings. The summed E-state index contributed by atoms with van der Waals surface area (Å²) in [6, 6.07) is 0. The van der Waals surface area contributed by atoms with Crippen molar-refractivity contribution in [3.63, 3.8) is 0 Å². The second-order valence-corrected chi connectivity index (χ2v) is 14.6. The maximum Gasteiger partial charge on any atom is 0.331 e. The molecule has 0 spiro atoms. The van der Waals surface area contributed by atoms with Crippen LogP contribution in [0.25, 0.3) is 0 Å². The van der Waals surface area contributed by atoms with Crippen molar-refractivity contribution in [3.8, 4) is 0 Å². The first-order valence-corrected chi connectivity index (χ1v) is 18.0. The lowest BCUT2D eigenvalue weighted by Gasteiger charge is -2.25. The van der Waals surface area contributed by atoms with Crippen molar-refractivity contribution < 1.29 is 14.4 Å². The quantitative estimate of drug-likeness (QED) is 0.0746. The van der Waals surface area contributed by atoms with Gasteiger partial charge in [0.05, 0.1) is 5.16 Å². The monoisotopic (exact) mass is 530 g/mol. The molecule has 0 aliphatic carbocycles. The Labute approximate surface area is 227 Å². The van der Waals surface area contributed by atoms with Crippen LogP contribution < -0.4 is 0 Å². The smallest absolute Gasteiger partial charge is 0.324 e. The van der Waals surface area contributed by atoms with Crippen molar-refractivity contribution in [2.24, 2.45) is 0 Å². The van der Waals surface area contributed by atoms with E-state index in [2.05, 4.69) is 6.92 Å². The Morgan fingerprint density at radius 2 is 0.611 bits per heavy atom. The molecule has 0 saturated heterocycles. The predicted octanol–water partition coefficient (Wildman–Crippen LogP) is 11.9. The topological polar surface area (TPSA) is 57.5 Å². The van der Waals surface area contributed by atoms with Crippen molar-refractivity contribution >= 4 is 7.60 Å². The van der Waals surface area contributed by atoms with E-state index >= 15 is 0 Å². The highest BCUT2D eigenvalue weighted by molar-refractivity contribution is 7.53. The van der Waals surface area contributed by atoms with Crippen molar-refractivity contribution in [1.82, 2.24) is 0 Å². The zero-order valence-electron chi connectivity index (χ0n) is 25.0. The zero-order chi connectivity index (χ0) is 26.8. The van der Waals surface area contributed by atoms with Crippen LogP contribution in [0.2, 0.25) is 0 Å². The summed E-state index contributed by atoms with van der Waals surface area (Å²) < 4.78 is 11.4. The van der Waals surface area contributed by atoms with Crippen LogP contribution in [0.4, 0.5) is 0 Å². The van der Waals surface area contributed by atoms with E-state index in [4.69, 9.17) is 0 Å². The van der Waals surface area contributed by atoms with Gasteiger partial charge in [-0.25, -0.2) is 0 Å². The first-order chi connectivity index (χ1) is 17.3. The lowest BCUT2D eigenvalue weighted by molar-refractivity contribution is 0.326. The molecule has 0 aliphatic rings. The molecule has 0 rings (SSSR count). The Bertz CT molecular complexity index is 486. The third kappa shape index (κ3) is 24.5. The summed E-state index contributed by atoms with van der Waals surface area (Å²) >= 11 is 0. The van der Waals surface area contributed by atoms with Gasteiger partial charge in [0.15, 0.2) is 0 Å². The molecule has 3 nitrogen and oxygen atoms in total. The van der Waals surface area contributed by atoms with Gasteiger partial charge in [-0.2, -0.15) is 0 Å². The molecule has 0 aliphatic heterocycles. The summed E-state index contributed by atoms with van der Waals surface area (Å²) in [6.07, 6.45) is 38.1. The van der Waals surface area contributed by atoms with Gasteiger partial charge >= 0.3 is 7.60 Å². The third-order valence-electron chi connectivity index (χ3n) is 8.18. The molecule has 0 unspecified atom stereocenters. The van der Waals surface area contributed by atoms with Gasteiger partial charge in [0.1, 0.15) is 0 Å². The van der Waals surface area contributed by atoms with Crippen LogP contribution >= 0.6 is 7.60 Å². The van der Waals surface area contributed by atoms with E-state index in [1.54, 1.807) is 13.8 Å². The van der Waals surface area contributed by atoms with Gasteiger partial charge in [-0.15, -0.1) is 0 Å². The second-order valence-electron chi connectivity index (χ2n) is 12.3. The third-order valence-corrected chi connectivity index (χ3v) is 9.98. The van der Waals surface area contributed by atoms with Gasteiger partial charge in [-0.05, 0) is 20.3 Å². The molecule has 0 radical (unpaired) electrons. The number of hydrogen-bond acceptors (Lipinski definition) is 1. The van der Waals surface area contributed by atoms with E-state index in [0.717, 1.165) is 12.8 Å². The molecular weight excluding hydrogens is 463 g/mol. The summed E-state index contributed by atoms with van der Waals surface area (Å²) in [5.41, 5.74) is 0. The molecule has 218 valence electrons. The maximum absolute atomic E-state index is 11.4. The molecule has 0 fully saturated rings. The summed E-state index contributed by atoms with van der Waals surface area (Å²) in [7, 11) is -3.97. The summed E-state index contributed by atoms with van der Waals surface area (Å²) in [4.78, 5) is 18.7. The van der Waals surface area contributed by atoms with E-state index in [-0.39, 0.29) is 0 Å². The van der Waals surface area contributed by atoms with Gasteiger partial charge < -0.3 is 9.79 Å². The second kappa shape index (κ2) is 25.4. The fraction of sp³-hybridized carbons (Fsp3) is 1.00. The molecule has 0 heterocycles. The minimum atomic E-state index is -3.97. The molecule has 36 heavy (non-hydrogen) atoms. The highest BCUT2D eigenvalue weighted by atomic mass is 31.2. The Kier molecular flexibility index (Phi) is 25.5. The van der Waals surface area contributed by atoms with Gasteiger partial charge in [0.25, 0.3) is 0 Å². The highest BCUT2D eigenvalue weighted by Gasteiger charge is 2.36. The maximum atomic E-state index is 11.4. The van der Waals surface area contributed by atoms with Crippen LogP contribution in [0.5, 0.6) is 0 Å². The van der Waals surface area contributed by atoms with Crippen molar-refractivity contribution in [2.45, 2.75) is 206 Å². The van der Waals surface area contributed by atoms with E-state index in [1.165, 1.54) is 161 Å². The van der Waals surface area contributed by atoms with E-state index in [0.29, 0.717) is 6.42 Å². The van der Waals surface area contributed by atoms with E-state index < -0.39 is 12.8 Å². The molecule has 0 saturated carbocycles. The first-order valence-electron chi connectivity index (χ1n) is 16.4. The average Bonchev–Trinajstić information content (AvgIpc) is 2.82.